The van der Waals surface area contributed by atoms with E-state index in [1.165, 1.54) is 9.58 Å². The predicted octanol–water partition coefficient (Wildman–Crippen LogP) is 2.07. The van der Waals surface area contributed by atoms with E-state index in [2.05, 4.69) is 23.8 Å². The molecule has 7 heteroatoms. The average Bonchev–Trinajstić information content (AvgIpc) is 2.58. The van der Waals surface area contributed by atoms with Gasteiger partial charge in [0.25, 0.3) is 5.56 Å². The minimum atomic E-state index is -0.0878. The summed E-state index contributed by atoms with van der Waals surface area (Å²) in [6, 6.07) is 7.25. The maximum atomic E-state index is 12.3. The zero-order chi connectivity index (χ0) is 17.9. The Labute approximate surface area is 146 Å². The molecule has 0 unspecified atom stereocenters. The molecular weight excluding hydrogens is 322 g/mol. The molecule has 1 heterocycles. The Morgan fingerprint density at radius 2 is 2.12 bits per heavy atom. The molecule has 0 amide bonds. The van der Waals surface area contributed by atoms with E-state index in [9.17, 15) is 4.79 Å². The van der Waals surface area contributed by atoms with Crippen LogP contribution in [0.15, 0.2) is 63.8 Å². The van der Waals surface area contributed by atoms with Crippen molar-refractivity contribution in [3.8, 4) is 0 Å². The van der Waals surface area contributed by atoms with Crippen LogP contribution in [0.25, 0.3) is 10.8 Å². The highest BCUT2D eigenvalue weighted by Gasteiger charge is 2.13. The molecule has 0 aliphatic rings. The van der Waals surface area contributed by atoms with E-state index < -0.39 is 0 Å². The number of hydrazine groups is 1. The molecule has 2 rings (SSSR count). The molecule has 1 aromatic carbocycles. The highest BCUT2D eigenvalue weighted by molar-refractivity contribution is 7.79. The zero-order valence-electron chi connectivity index (χ0n) is 13.7. The molecule has 1 aromatic heterocycles. The first-order valence-corrected chi connectivity index (χ1v) is 7.80. The number of hydrogen-bond donors (Lipinski definition) is 3. The number of hydrogen-bond acceptors (Lipinski definition) is 6. The van der Waals surface area contributed by atoms with Crippen molar-refractivity contribution in [2.45, 2.75) is 13.3 Å². The third-order valence-corrected chi connectivity index (χ3v) is 4.00. The van der Waals surface area contributed by atoms with Crippen molar-refractivity contribution >= 4 is 29.3 Å². The van der Waals surface area contributed by atoms with Gasteiger partial charge in [-0.15, -0.1) is 0 Å². The highest BCUT2D eigenvalue weighted by atomic mass is 32.1. The second-order valence-corrected chi connectivity index (χ2v) is 5.56. The SMILES string of the molecule is C=C(CC)N(N)/C=C(N)/C(=N/S)c1cccc2c(=O)n(C)ccc12. The van der Waals surface area contributed by atoms with Crippen LogP contribution in [0.5, 0.6) is 0 Å². The van der Waals surface area contributed by atoms with Gasteiger partial charge in [-0.25, -0.2) is 10.2 Å². The maximum absolute atomic E-state index is 12.3. The summed E-state index contributed by atoms with van der Waals surface area (Å²) in [4.78, 5) is 12.3. The van der Waals surface area contributed by atoms with Gasteiger partial charge in [0.15, 0.2) is 0 Å². The number of nitrogens with zero attached hydrogens (tertiary/aromatic N) is 3. The van der Waals surface area contributed by atoms with Gasteiger partial charge in [0.1, 0.15) is 5.71 Å². The van der Waals surface area contributed by atoms with Crippen molar-refractivity contribution in [3.05, 3.63) is 70.6 Å². The number of fused-ring (bicyclic) bond motifs is 1. The number of aromatic nitrogens is 1. The van der Waals surface area contributed by atoms with Gasteiger partial charge in [0.2, 0.25) is 0 Å². The summed E-state index contributed by atoms with van der Waals surface area (Å²) in [6.07, 6.45) is 3.94. The number of benzene rings is 1. The van der Waals surface area contributed by atoms with Crippen molar-refractivity contribution in [1.29, 1.82) is 0 Å². The van der Waals surface area contributed by atoms with Gasteiger partial charge in [-0.3, -0.25) is 9.80 Å². The molecule has 0 spiro atoms. The minimum absolute atomic E-state index is 0.0878. The normalized spacial score (nSPS) is 12.5. The number of nitrogens with two attached hydrogens (primary N) is 2. The minimum Gasteiger partial charge on any atom is -0.396 e. The van der Waals surface area contributed by atoms with Crippen LogP contribution in [0, 0.1) is 0 Å². The molecular formula is C17H21N5OS. The molecule has 0 aliphatic heterocycles. The summed E-state index contributed by atoms with van der Waals surface area (Å²) in [5.74, 6) is 5.90. The summed E-state index contributed by atoms with van der Waals surface area (Å²) in [6.45, 7) is 5.80. The standard InChI is InChI=1S/C17H21N5OS/c1-4-11(2)22(19)10-15(18)16(20-24)13-6-5-7-14-12(13)8-9-21(3)17(14)23/h5-10,24H,2,4,18-19H2,1,3H3/b15-10-,20-16+. The first kappa shape index (κ1) is 17.8. The summed E-state index contributed by atoms with van der Waals surface area (Å²) >= 11 is 4.04. The van der Waals surface area contributed by atoms with E-state index in [1.807, 2.05) is 19.1 Å². The van der Waals surface area contributed by atoms with Crippen molar-refractivity contribution in [3.63, 3.8) is 0 Å². The molecule has 0 bridgehead atoms. The van der Waals surface area contributed by atoms with Gasteiger partial charge >= 0.3 is 0 Å². The van der Waals surface area contributed by atoms with Crippen LogP contribution in [-0.2, 0) is 7.05 Å². The lowest BCUT2D eigenvalue weighted by Gasteiger charge is -2.17. The number of allylic oxidation sites excluding steroid dienone is 2. The Morgan fingerprint density at radius 3 is 2.75 bits per heavy atom. The third-order valence-electron chi connectivity index (χ3n) is 3.80. The largest absolute Gasteiger partial charge is 0.396 e. The van der Waals surface area contributed by atoms with E-state index >= 15 is 0 Å². The number of pyridine rings is 1. The Balaban J connectivity index is 2.59. The van der Waals surface area contributed by atoms with Gasteiger partial charge in [0.05, 0.1) is 5.70 Å². The first-order valence-electron chi connectivity index (χ1n) is 7.40. The Bertz CT molecular complexity index is 897. The van der Waals surface area contributed by atoms with E-state index in [1.54, 1.807) is 31.6 Å². The van der Waals surface area contributed by atoms with Crippen molar-refractivity contribution in [2.24, 2.45) is 23.0 Å². The van der Waals surface area contributed by atoms with Gasteiger partial charge in [-0.2, -0.15) is 0 Å². The summed E-state index contributed by atoms with van der Waals surface area (Å²) < 4.78 is 5.52. The fourth-order valence-corrected chi connectivity index (χ4v) is 2.56. The molecule has 0 fully saturated rings. The molecule has 4 N–H and O–H groups in total. The Morgan fingerprint density at radius 1 is 1.42 bits per heavy atom. The smallest absolute Gasteiger partial charge is 0.258 e. The van der Waals surface area contributed by atoms with Gasteiger partial charge in [0, 0.05) is 36.1 Å². The van der Waals surface area contributed by atoms with Crippen molar-refractivity contribution in [2.75, 3.05) is 0 Å². The second-order valence-electron chi connectivity index (χ2n) is 5.36. The van der Waals surface area contributed by atoms with Gasteiger partial charge in [-0.1, -0.05) is 25.6 Å². The molecule has 0 aliphatic carbocycles. The second kappa shape index (κ2) is 7.37. The number of thiol groups is 1. The van der Waals surface area contributed by atoms with Crippen molar-refractivity contribution < 1.29 is 0 Å². The Kier molecular flexibility index (Phi) is 5.48. The first-order chi connectivity index (χ1) is 11.4. The molecule has 24 heavy (non-hydrogen) atoms. The Hall–Kier alpha value is -2.51. The number of rotatable bonds is 5. The van der Waals surface area contributed by atoms with E-state index in [4.69, 9.17) is 11.6 Å². The van der Waals surface area contributed by atoms with Crippen LogP contribution in [0.2, 0.25) is 0 Å². The lowest BCUT2D eigenvalue weighted by atomic mass is 10.0. The molecule has 0 radical (unpaired) electrons. The van der Waals surface area contributed by atoms with Crippen LogP contribution >= 0.6 is 12.8 Å². The average molecular weight is 343 g/mol. The summed E-state index contributed by atoms with van der Waals surface area (Å²) in [5.41, 5.74) is 8.25. The summed E-state index contributed by atoms with van der Waals surface area (Å²) in [5, 5.41) is 2.70. The molecule has 0 saturated heterocycles. The van der Waals surface area contributed by atoms with E-state index in [-0.39, 0.29) is 5.56 Å². The van der Waals surface area contributed by atoms with Crippen LogP contribution in [0.1, 0.15) is 18.9 Å². The molecule has 2 aromatic rings. The van der Waals surface area contributed by atoms with Crippen LogP contribution < -0.4 is 17.1 Å². The molecule has 0 atom stereocenters. The maximum Gasteiger partial charge on any atom is 0.258 e. The van der Waals surface area contributed by atoms with Gasteiger partial charge in [-0.05, 0) is 36.8 Å². The predicted molar refractivity (Wildman–Crippen MR) is 102 cm³/mol. The number of aryl methyl sites for hydroxylation is 1. The fraction of sp³-hybridized carbons (Fsp3) is 0.176. The monoisotopic (exact) mass is 343 g/mol. The van der Waals surface area contributed by atoms with Crippen molar-refractivity contribution in [1.82, 2.24) is 9.58 Å². The molecule has 0 saturated carbocycles. The zero-order valence-corrected chi connectivity index (χ0v) is 14.6. The molecule has 126 valence electrons. The van der Waals surface area contributed by atoms with E-state index in [0.717, 1.165) is 5.39 Å². The molecule has 6 nitrogen and oxygen atoms in total. The lowest BCUT2D eigenvalue weighted by Crippen LogP contribution is -2.27. The van der Waals surface area contributed by atoms with E-state index in [0.29, 0.717) is 34.5 Å². The van der Waals surface area contributed by atoms with Crippen LogP contribution in [0.3, 0.4) is 0 Å². The fourth-order valence-electron chi connectivity index (χ4n) is 2.33. The third kappa shape index (κ3) is 3.37. The van der Waals surface area contributed by atoms with Crippen LogP contribution in [0.4, 0.5) is 0 Å². The summed E-state index contributed by atoms with van der Waals surface area (Å²) in [7, 11) is 1.71. The van der Waals surface area contributed by atoms with Crippen LogP contribution in [-0.4, -0.2) is 15.3 Å². The topological polar surface area (TPSA) is 89.6 Å². The van der Waals surface area contributed by atoms with Gasteiger partial charge < -0.3 is 10.3 Å². The lowest BCUT2D eigenvalue weighted by molar-refractivity contribution is 0.475. The quantitative estimate of drug-likeness (QED) is 0.335. The highest BCUT2D eigenvalue weighted by Crippen LogP contribution is 2.19.